The lowest BCUT2D eigenvalue weighted by molar-refractivity contribution is 0.0692. The molecule has 0 radical (unpaired) electrons. The lowest BCUT2D eigenvalue weighted by Crippen LogP contribution is -1.99. The number of rotatable bonds is 3. The van der Waals surface area contributed by atoms with Crippen molar-refractivity contribution in [1.29, 1.82) is 0 Å². The molecule has 1 aliphatic carbocycles. The van der Waals surface area contributed by atoms with Gasteiger partial charge in [-0.2, -0.15) is 0 Å². The minimum absolute atomic E-state index is 0.170. The number of carbonyl (C=O) groups is 1. The van der Waals surface area contributed by atoms with E-state index in [0.29, 0.717) is 5.92 Å². The van der Waals surface area contributed by atoms with E-state index in [1.807, 2.05) is 18.2 Å². The smallest absolute Gasteiger partial charge is 0.356 e. The number of thiazole rings is 1. The molecule has 17 heavy (non-hydrogen) atoms. The third-order valence-corrected chi connectivity index (χ3v) is 3.85. The van der Waals surface area contributed by atoms with E-state index >= 15 is 0 Å². The van der Waals surface area contributed by atoms with Crippen LogP contribution in [0.4, 0.5) is 0 Å². The molecule has 3 nitrogen and oxygen atoms in total. The minimum Gasteiger partial charge on any atom is -0.476 e. The summed E-state index contributed by atoms with van der Waals surface area (Å²) in [6.07, 6.45) is 2.41. The summed E-state index contributed by atoms with van der Waals surface area (Å²) in [5.41, 5.74) is 4.07. The number of carboxylic acids is 1. The molecule has 1 heterocycles. The third-order valence-electron chi connectivity index (χ3n) is 2.99. The maximum Gasteiger partial charge on any atom is 0.356 e. The topological polar surface area (TPSA) is 50.2 Å². The van der Waals surface area contributed by atoms with Crippen molar-refractivity contribution in [2.24, 2.45) is 0 Å². The van der Waals surface area contributed by atoms with E-state index in [0.717, 1.165) is 10.4 Å². The highest BCUT2D eigenvalue weighted by atomic mass is 32.1. The van der Waals surface area contributed by atoms with Crippen LogP contribution in [0.5, 0.6) is 0 Å². The van der Waals surface area contributed by atoms with Crippen molar-refractivity contribution in [2.45, 2.75) is 18.8 Å². The van der Waals surface area contributed by atoms with Gasteiger partial charge in [0.05, 0.1) is 10.4 Å². The van der Waals surface area contributed by atoms with Gasteiger partial charge in [0.15, 0.2) is 5.69 Å². The molecule has 0 amide bonds. The first kappa shape index (κ1) is 10.5. The van der Waals surface area contributed by atoms with Crippen molar-refractivity contribution >= 4 is 17.3 Å². The van der Waals surface area contributed by atoms with Crippen molar-refractivity contribution in [1.82, 2.24) is 4.98 Å². The fourth-order valence-electron chi connectivity index (χ4n) is 2.04. The zero-order valence-corrected chi connectivity index (χ0v) is 9.91. The van der Waals surface area contributed by atoms with E-state index in [1.165, 1.54) is 29.7 Å². The van der Waals surface area contributed by atoms with Crippen LogP contribution in [0.15, 0.2) is 29.8 Å². The number of nitrogens with zero attached hydrogens (tertiary/aromatic N) is 1. The van der Waals surface area contributed by atoms with Crippen LogP contribution < -0.4 is 0 Å². The second kappa shape index (κ2) is 3.96. The number of benzene rings is 1. The van der Waals surface area contributed by atoms with Crippen LogP contribution in [0.1, 0.15) is 34.8 Å². The van der Waals surface area contributed by atoms with Crippen LogP contribution in [0.2, 0.25) is 0 Å². The standard InChI is InChI=1S/C13H11NO2S/c15-13(16)11-12(17-7-14-11)10-4-2-1-3-9(10)8-5-6-8/h1-4,7-8H,5-6H2,(H,15,16). The summed E-state index contributed by atoms with van der Waals surface area (Å²) in [5, 5.41) is 9.11. The summed E-state index contributed by atoms with van der Waals surface area (Å²) >= 11 is 1.40. The van der Waals surface area contributed by atoms with Gasteiger partial charge in [0.25, 0.3) is 0 Å². The molecule has 0 spiro atoms. The van der Waals surface area contributed by atoms with Gasteiger partial charge in [0.1, 0.15) is 0 Å². The Morgan fingerprint density at radius 3 is 2.82 bits per heavy atom. The van der Waals surface area contributed by atoms with Gasteiger partial charge < -0.3 is 5.11 Å². The van der Waals surface area contributed by atoms with Crippen LogP contribution in [0, 0.1) is 0 Å². The van der Waals surface area contributed by atoms with Gasteiger partial charge in [-0.05, 0) is 29.9 Å². The van der Waals surface area contributed by atoms with Crippen molar-refractivity contribution in [3.8, 4) is 10.4 Å². The predicted molar refractivity (Wildman–Crippen MR) is 66.5 cm³/mol. The second-order valence-electron chi connectivity index (χ2n) is 4.20. The summed E-state index contributed by atoms with van der Waals surface area (Å²) < 4.78 is 0. The second-order valence-corrected chi connectivity index (χ2v) is 5.05. The Hall–Kier alpha value is -1.68. The average molecular weight is 245 g/mol. The largest absolute Gasteiger partial charge is 0.476 e. The highest BCUT2D eigenvalue weighted by molar-refractivity contribution is 7.13. The monoisotopic (exact) mass is 245 g/mol. The molecule has 0 saturated heterocycles. The molecular weight excluding hydrogens is 234 g/mol. The molecule has 0 aliphatic heterocycles. The van der Waals surface area contributed by atoms with Crippen molar-refractivity contribution in [3.05, 3.63) is 41.0 Å². The Balaban J connectivity index is 2.14. The van der Waals surface area contributed by atoms with Gasteiger partial charge in [-0.25, -0.2) is 9.78 Å². The summed E-state index contributed by atoms with van der Waals surface area (Å²) in [7, 11) is 0. The molecule has 2 aromatic rings. The van der Waals surface area contributed by atoms with Crippen LogP contribution in [0.25, 0.3) is 10.4 Å². The van der Waals surface area contributed by atoms with Crippen LogP contribution in [-0.4, -0.2) is 16.1 Å². The molecule has 1 aliphatic rings. The maximum absolute atomic E-state index is 11.1. The highest BCUT2D eigenvalue weighted by Gasteiger charge is 2.28. The molecule has 1 N–H and O–H groups in total. The molecule has 4 heteroatoms. The van der Waals surface area contributed by atoms with Gasteiger partial charge in [0, 0.05) is 0 Å². The number of carboxylic acid groups (broad SMARTS) is 1. The van der Waals surface area contributed by atoms with Crippen LogP contribution in [0.3, 0.4) is 0 Å². The van der Waals surface area contributed by atoms with Gasteiger partial charge >= 0.3 is 5.97 Å². The number of hydrogen-bond donors (Lipinski definition) is 1. The Bertz CT molecular complexity index is 572. The summed E-state index contributed by atoms with van der Waals surface area (Å²) in [4.78, 5) is 15.8. The molecule has 0 unspecified atom stereocenters. The van der Waals surface area contributed by atoms with Crippen molar-refractivity contribution in [2.75, 3.05) is 0 Å². The summed E-state index contributed by atoms with van der Waals surface area (Å²) in [6, 6.07) is 8.05. The summed E-state index contributed by atoms with van der Waals surface area (Å²) in [6.45, 7) is 0. The Kier molecular flexibility index (Phi) is 2.44. The van der Waals surface area contributed by atoms with E-state index in [4.69, 9.17) is 5.11 Å². The van der Waals surface area contributed by atoms with E-state index in [1.54, 1.807) is 5.51 Å². The highest BCUT2D eigenvalue weighted by Crippen LogP contribution is 2.45. The summed E-state index contributed by atoms with van der Waals surface area (Å²) in [5.74, 6) is -0.346. The van der Waals surface area contributed by atoms with Crippen molar-refractivity contribution in [3.63, 3.8) is 0 Å². The van der Waals surface area contributed by atoms with E-state index < -0.39 is 5.97 Å². The third kappa shape index (κ3) is 1.85. The Labute approximate surface area is 103 Å². The van der Waals surface area contributed by atoms with Crippen LogP contribution in [-0.2, 0) is 0 Å². The van der Waals surface area contributed by atoms with Crippen LogP contribution >= 0.6 is 11.3 Å². The number of aromatic nitrogens is 1. The fraction of sp³-hybridized carbons (Fsp3) is 0.231. The fourth-order valence-corrected chi connectivity index (χ4v) is 2.87. The number of aromatic carboxylic acids is 1. The number of hydrogen-bond acceptors (Lipinski definition) is 3. The molecule has 86 valence electrons. The SMILES string of the molecule is O=C(O)c1ncsc1-c1ccccc1C1CC1. The first-order valence-electron chi connectivity index (χ1n) is 5.53. The van der Waals surface area contributed by atoms with E-state index in [-0.39, 0.29) is 5.69 Å². The molecule has 1 aromatic heterocycles. The molecule has 1 saturated carbocycles. The Morgan fingerprint density at radius 2 is 2.12 bits per heavy atom. The zero-order valence-electron chi connectivity index (χ0n) is 9.09. The van der Waals surface area contributed by atoms with Gasteiger partial charge in [-0.3, -0.25) is 0 Å². The van der Waals surface area contributed by atoms with Crippen molar-refractivity contribution < 1.29 is 9.90 Å². The maximum atomic E-state index is 11.1. The molecule has 1 aromatic carbocycles. The lowest BCUT2D eigenvalue weighted by Gasteiger charge is -2.06. The predicted octanol–water partition coefficient (Wildman–Crippen LogP) is 3.39. The van der Waals surface area contributed by atoms with Gasteiger partial charge in [-0.15, -0.1) is 11.3 Å². The Morgan fingerprint density at radius 1 is 1.35 bits per heavy atom. The molecule has 3 rings (SSSR count). The lowest BCUT2D eigenvalue weighted by atomic mass is 10.0. The normalized spacial score (nSPS) is 14.8. The van der Waals surface area contributed by atoms with Gasteiger partial charge in [-0.1, -0.05) is 24.3 Å². The molecular formula is C13H11NO2S. The first-order chi connectivity index (χ1) is 8.27. The molecule has 1 fully saturated rings. The van der Waals surface area contributed by atoms with Gasteiger partial charge in [0.2, 0.25) is 0 Å². The van der Waals surface area contributed by atoms with E-state index in [9.17, 15) is 4.79 Å². The quantitative estimate of drug-likeness (QED) is 0.901. The molecule has 0 atom stereocenters. The first-order valence-corrected chi connectivity index (χ1v) is 6.41. The zero-order chi connectivity index (χ0) is 11.8. The average Bonchev–Trinajstić information content (AvgIpc) is 3.06. The minimum atomic E-state index is -0.952. The van der Waals surface area contributed by atoms with E-state index in [2.05, 4.69) is 11.1 Å². The molecule has 0 bridgehead atoms.